The molecular weight excluding hydrogens is 425 g/mol. The molecule has 164 valence electrons. The number of carbonyl (C=O) groups is 1. The number of carbonyl (C=O) groups excluding carboxylic acids is 1. The molecule has 0 spiro atoms. The van der Waals surface area contributed by atoms with Gasteiger partial charge in [-0.05, 0) is 48.4 Å². The molecule has 2 aromatic rings. The van der Waals surface area contributed by atoms with E-state index in [0.29, 0.717) is 5.75 Å². The minimum Gasteiger partial charge on any atom is -0.496 e. The minimum atomic E-state index is -4.87. The zero-order valence-corrected chi connectivity index (χ0v) is 17.1. The highest BCUT2D eigenvalue weighted by Crippen LogP contribution is 2.24. The second-order valence-electron chi connectivity index (χ2n) is 6.25. The Morgan fingerprint density at radius 2 is 1.77 bits per heavy atom. The lowest BCUT2D eigenvalue weighted by Gasteiger charge is -2.11. The van der Waals surface area contributed by atoms with Gasteiger partial charge in [0.05, 0.1) is 12.0 Å². The van der Waals surface area contributed by atoms with Gasteiger partial charge in [-0.2, -0.15) is 0 Å². The highest BCUT2D eigenvalue weighted by molar-refractivity contribution is 7.89. The number of sulfonamides is 1. The summed E-state index contributed by atoms with van der Waals surface area (Å²) in [4.78, 5) is 11.7. The number of rotatable bonds is 9. The van der Waals surface area contributed by atoms with E-state index >= 15 is 0 Å². The van der Waals surface area contributed by atoms with Crippen molar-refractivity contribution in [3.05, 3.63) is 53.6 Å². The van der Waals surface area contributed by atoms with Gasteiger partial charge in [0.25, 0.3) is 0 Å². The van der Waals surface area contributed by atoms with Crippen LogP contribution in [0.2, 0.25) is 0 Å². The average Bonchev–Trinajstić information content (AvgIpc) is 2.66. The second kappa shape index (κ2) is 9.81. The van der Waals surface area contributed by atoms with Crippen LogP contribution in [0, 0.1) is 6.92 Å². The van der Waals surface area contributed by atoms with E-state index in [0.717, 1.165) is 35.4 Å². The van der Waals surface area contributed by atoms with Crippen molar-refractivity contribution in [3.63, 3.8) is 0 Å². The Bertz CT molecular complexity index is 977. The SMILES string of the molecule is COc1cc(CNC(=O)CCNS(=O)(=O)c2ccc(OC(F)(F)F)cc2)ccc1C. The molecule has 0 aliphatic heterocycles. The highest BCUT2D eigenvalue weighted by atomic mass is 32.2. The Kier molecular flexibility index (Phi) is 7.68. The molecule has 2 aromatic carbocycles. The average molecular weight is 446 g/mol. The van der Waals surface area contributed by atoms with E-state index in [-0.39, 0.29) is 30.3 Å². The van der Waals surface area contributed by atoms with Crippen LogP contribution in [-0.2, 0) is 21.4 Å². The van der Waals surface area contributed by atoms with Gasteiger partial charge in [0.15, 0.2) is 0 Å². The van der Waals surface area contributed by atoms with Crippen molar-refractivity contribution in [2.75, 3.05) is 13.7 Å². The summed E-state index contributed by atoms with van der Waals surface area (Å²) in [6, 6.07) is 9.24. The van der Waals surface area contributed by atoms with Crippen LogP contribution in [0.5, 0.6) is 11.5 Å². The number of hydrogen-bond acceptors (Lipinski definition) is 5. The van der Waals surface area contributed by atoms with E-state index in [9.17, 15) is 26.4 Å². The molecular formula is C19H21F3N2O5S. The Morgan fingerprint density at radius 3 is 2.37 bits per heavy atom. The van der Waals surface area contributed by atoms with Gasteiger partial charge in [0.2, 0.25) is 15.9 Å². The van der Waals surface area contributed by atoms with Crippen LogP contribution in [0.25, 0.3) is 0 Å². The molecule has 0 unspecified atom stereocenters. The number of benzene rings is 2. The molecule has 2 rings (SSSR count). The summed E-state index contributed by atoms with van der Waals surface area (Å²) < 4.78 is 71.9. The molecule has 0 fully saturated rings. The quantitative estimate of drug-likeness (QED) is 0.618. The van der Waals surface area contributed by atoms with Gasteiger partial charge in [-0.1, -0.05) is 12.1 Å². The fourth-order valence-corrected chi connectivity index (χ4v) is 3.50. The standard InChI is InChI=1S/C19H21F3N2O5S/c1-13-3-4-14(11-17(13)28-2)12-23-18(25)9-10-24-30(26,27)16-7-5-15(6-8-16)29-19(20,21)22/h3-8,11,24H,9-10,12H2,1-2H3,(H,23,25). The monoisotopic (exact) mass is 446 g/mol. The number of halogens is 3. The van der Waals surface area contributed by atoms with Crippen LogP contribution in [0.1, 0.15) is 17.5 Å². The van der Waals surface area contributed by atoms with Gasteiger partial charge >= 0.3 is 6.36 Å². The van der Waals surface area contributed by atoms with Crippen molar-refractivity contribution in [1.82, 2.24) is 10.0 Å². The van der Waals surface area contributed by atoms with E-state index in [1.54, 1.807) is 13.2 Å². The van der Waals surface area contributed by atoms with Crippen LogP contribution in [0.3, 0.4) is 0 Å². The van der Waals surface area contributed by atoms with E-state index < -0.39 is 22.1 Å². The van der Waals surface area contributed by atoms with Crippen molar-refractivity contribution >= 4 is 15.9 Å². The smallest absolute Gasteiger partial charge is 0.496 e. The zero-order chi connectivity index (χ0) is 22.4. The van der Waals surface area contributed by atoms with Gasteiger partial charge in [-0.3, -0.25) is 4.79 Å². The van der Waals surface area contributed by atoms with Crippen molar-refractivity contribution < 1.29 is 35.9 Å². The first-order chi connectivity index (χ1) is 14.0. The van der Waals surface area contributed by atoms with E-state index in [1.165, 1.54) is 0 Å². The summed E-state index contributed by atoms with van der Waals surface area (Å²) >= 11 is 0. The summed E-state index contributed by atoms with van der Waals surface area (Å²) in [7, 11) is -2.43. The van der Waals surface area contributed by atoms with E-state index in [2.05, 4.69) is 14.8 Å². The first kappa shape index (κ1) is 23.5. The van der Waals surface area contributed by atoms with Crippen LogP contribution >= 0.6 is 0 Å². The lowest BCUT2D eigenvalue weighted by Crippen LogP contribution is -2.30. The van der Waals surface area contributed by atoms with Crippen LogP contribution in [0.4, 0.5) is 13.2 Å². The maximum atomic E-state index is 12.2. The highest BCUT2D eigenvalue weighted by Gasteiger charge is 2.31. The van der Waals surface area contributed by atoms with Gasteiger partial charge in [-0.25, -0.2) is 13.1 Å². The Labute approximate surface area is 172 Å². The van der Waals surface area contributed by atoms with Gasteiger partial charge < -0.3 is 14.8 Å². The molecule has 30 heavy (non-hydrogen) atoms. The Hall–Kier alpha value is -2.79. The molecule has 0 saturated carbocycles. The third-order valence-electron chi connectivity index (χ3n) is 3.97. The lowest BCUT2D eigenvalue weighted by molar-refractivity contribution is -0.274. The fraction of sp³-hybridized carbons (Fsp3) is 0.316. The van der Waals surface area contributed by atoms with Crippen molar-refractivity contribution in [1.29, 1.82) is 0 Å². The van der Waals surface area contributed by atoms with Crippen molar-refractivity contribution in [2.45, 2.75) is 31.1 Å². The maximum absolute atomic E-state index is 12.2. The third kappa shape index (κ3) is 7.23. The zero-order valence-electron chi connectivity index (χ0n) is 16.2. The first-order valence-electron chi connectivity index (χ1n) is 8.76. The van der Waals surface area contributed by atoms with Crippen LogP contribution < -0.4 is 19.5 Å². The second-order valence-corrected chi connectivity index (χ2v) is 8.01. The summed E-state index contributed by atoms with van der Waals surface area (Å²) in [6.07, 6.45) is -4.98. The molecule has 0 radical (unpaired) electrons. The molecule has 2 N–H and O–H groups in total. The van der Waals surface area contributed by atoms with Crippen molar-refractivity contribution in [2.24, 2.45) is 0 Å². The molecule has 0 aliphatic carbocycles. The number of amides is 1. The molecule has 1 amide bonds. The lowest BCUT2D eigenvalue weighted by atomic mass is 10.1. The van der Waals surface area contributed by atoms with E-state index in [1.807, 2.05) is 19.1 Å². The molecule has 7 nitrogen and oxygen atoms in total. The van der Waals surface area contributed by atoms with Gasteiger partial charge in [-0.15, -0.1) is 13.2 Å². The molecule has 0 bridgehead atoms. The molecule has 0 saturated heterocycles. The number of methoxy groups -OCH3 is 1. The first-order valence-corrected chi connectivity index (χ1v) is 10.2. The fourth-order valence-electron chi connectivity index (χ4n) is 2.47. The number of alkyl halides is 3. The summed E-state index contributed by atoms with van der Waals surface area (Å²) in [6.45, 7) is 1.97. The van der Waals surface area contributed by atoms with Crippen LogP contribution in [-0.4, -0.2) is 34.3 Å². The Balaban J connectivity index is 1.82. The van der Waals surface area contributed by atoms with Gasteiger partial charge in [0.1, 0.15) is 11.5 Å². The molecule has 0 aliphatic rings. The number of aryl methyl sites for hydroxylation is 1. The molecule has 11 heteroatoms. The topological polar surface area (TPSA) is 93.7 Å². The normalized spacial score (nSPS) is 11.8. The third-order valence-corrected chi connectivity index (χ3v) is 5.45. The van der Waals surface area contributed by atoms with Gasteiger partial charge in [0, 0.05) is 19.5 Å². The largest absolute Gasteiger partial charge is 0.573 e. The number of ether oxygens (including phenoxy) is 2. The summed E-state index contributed by atoms with van der Waals surface area (Å²) in [5.74, 6) is -0.208. The Morgan fingerprint density at radius 1 is 1.10 bits per heavy atom. The number of hydrogen-bond donors (Lipinski definition) is 2. The molecule has 0 atom stereocenters. The summed E-state index contributed by atoms with van der Waals surface area (Å²) in [5.41, 5.74) is 1.78. The predicted molar refractivity (Wildman–Crippen MR) is 103 cm³/mol. The number of nitrogens with one attached hydrogen (secondary N) is 2. The molecule has 0 heterocycles. The predicted octanol–water partition coefficient (Wildman–Crippen LogP) is 2.89. The molecule has 0 aromatic heterocycles. The van der Waals surface area contributed by atoms with Crippen LogP contribution in [0.15, 0.2) is 47.4 Å². The minimum absolute atomic E-state index is 0.114. The van der Waals surface area contributed by atoms with Crippen molar-refractivity contribution in [3.8, 4) is 11.5 Å². The van der Waals surface area contributed by atoms with E-state index in [4.69, 9.17) is 4.74 Å². The summed E-state index contributed by atoms with van der Waals surface area (Å²) in [5, 5.41) is 2.67. The maximum Gasteiger partial charge on any atom is 0.573 e.